The maximum atomic E-state index is 9.71. The van der Waals surface area contributed by atoms with Gasteiger partial charge in [0.25, 0.3) is 0 Å². The second-order valence-corrected chi connectivity index (χ2v) is 1.16. The molecule has 0 unspecified atom stereocenters. The highest BCUT2D eigenvalue weighted by Crippen LogP contribution is 1.78. The Morgan fingerprint density at radius 3 is 2.62 bits per heavy atom. The fourth-order valence-electron chi connectivity index (χ4n) is 0.224. The van der Waals surface area contributed by atoms with Gasteiger partial charge in [-0.1, -0.05) is 6.08 Å². The second-order valence-electron chi connectivity index (χ2n) is 1.16. The Bertz CT molecular complexity index is 115. The van der Waals surface area contributed by atoms with Gasteiger partial charge in [0, 0.05) is 0 Å². The lowest BCUT2D eigenvalue weighted by molar-refractivity contribution is -0.135. The molecule has 0 aromatic carbocycles. The zero-order valence-electron chi connectivity index (χ0n) is 4.20. The van der Waals surface area contributed by atoms with Gasteiger partial charge in [0.05, 0.1) is 6.42 Å². The van der Waals surface area contributed by atoms with Crippen molar-refractivity contribution in [1.29, 1.82) is 0 Å². The Labute approximate surface area is 46.6 Å². The average Bonchev–Trinajstić information content (AvgIpc) is 1.66. The highest BCUT2D eigenvalue weighted by Gasteiger charge is 1.86. The molecule has 0 heterocycles. The number of carbonyl (C=O) groups excluding carboxylic acids is 1. The van der Waals surface area contributed by atoms with Gasteiger partial charge in [0.1, 0.15) is 6.29 Å². The molecular formula is C5H6O3. The lowest BCUT2D eigenvalue weighted by atomic mass is 10.4. The van der Waals surface area contributed by atoms with Gasteiger partial charge in [-0.25, -0.2) is 0 Å². The summed E-state index contributed by atoms with van der Waals surface area (Å²) in [4.78, 5) is 19.2. The van der Waals surface area contributed by atoms with E-state index in [2.05, 4.69) is 0 Å². The van der Waals surface area contributed by atoms with E-state index in [-0.39, 0.29) is 6.42 Å². The van der Waals surface area contributed by atoms with Crippen molar-refractivity contribution in [3.05, 3.63) is 12.2 Å². The van der Waals surface area contributed by atoms with Crippen molar-refractivity contribution in [2.45, 2.75) is 6.42 Å². The highest BCUT2D eigenvalue weighted by atomic mass is 16.4. The number of carbonyl (C=O) groups is 2. The van der Waals surface area contributed by atoms with Crippen LogP contribution in [-0.2, 0) is 9.59 Å². The molecule has 0 amide bonds. The van der Waals surface area contributed by atoms with E-state index in [4.69, 9.17) is 5.11 Å². The number of hydrogen-bond donors (Lipinski definition) is 1. The number of aliphatic carboxylic acids is 1. The maximum Gasteiger partial charge on any atom is 0.307 e. The van der Waals surface area contributed by atoms with Crippen LogP contribution in [0.25, 0.3) is 0 Å². The van der Waals surface area contributed by atoms with Crippen LogP contribution in [0.2, 0.25) is 0 Å². The van der Waals surface area contributed by atoms with Crippen molar-refractivity contribution in [2.24, 2.45) is 0 Å². The van der Waals surface area contributed by atoms with E-state index < -0.39 is 5.97 Å². The highest BCUT2D eigenvalue weighted by molar-refractivity contribution is 5.71. The zero-order valence-corrected chi connectivity index (χ0v) is 4.20. The van der Waals surface area contributed by atoms with Gasteiger partial charge < -0.3 is 5.11 Å². The minimum atomic E-state index is -0.928. The summed E-state index contributed by atoms with van der Waals surface area (Å²) in [6.45, 7) is 0. The van der Waals surface area contributed by atoms with Gasteiger partial charge in [0.2, 0.25) is 0 Å². The molecular weight excluding hydrogens is 108 g/mol. The van der Waals surface area contributed by atoms with Crippen molar-refractivity contribution in [2.75, 3.05) is 0 Å². The number of allylic oxidation sites excluding steroid dienone is 1. The minimum absolute atomic E-state index is 0.0846. The first-order valence-electron chi connectivity index (χ1n) is 2.09. The smallest absolute Gasteiger partial charge is 0.307 e. The summed E-state index contributed by atoms with van der Waals surface area (Å²) in [6, 6.07) is 0. The first-order chi connectivity index (χ1) is 3.77. The number of rotatable bonds is 3. The summed E-state index contributed by atoms with van der Waals surface area (Å²) in [6.07, 6.45) is 2.91. The van der Waals surface area contributed by atoms with Crippen LogP contribution >= 0.6 is 0 Å². The summed E-state index contributed by atoms with van der Waals surface area (Å²) in [5.74, 6) is -0.928. The Kier molecular flexibility index (Phi) is 3.48. The van der Waals surface area contributed by atoms with E-state index in [0.29, 0.717) is 6.29 Å². The molecule has 0 fully saturated rings. The van der Waals surface area contributed by atoms with Crippen LogP contribution in [0.3, 0.4) is 0 Å². The molecule has 0 saturated heterocycles. The second kappa shape index (κ2) is 4.05. The minimum Gasteiger partial charge on any atom is -0.481 e. The predicted octanol–water partition coefficient (Wildman–Crippen LogP) is 0.216. The van der Waals surface area contributed by atoms with E-state index in [0.717, 1.165) is 6.08 Å². The molecule has 0 spiro atoms. The van der Waals surface area contributed by atoms with Gasteiger partial charge in [-0.05, 0) is 6.08 Å². The lowest BCUT2D eigenvalue weighted by Crippen LogP contribution is -1.89. The quantitative estimate of drug-likeness (QED) is 0.421. The van der Waals surface area contributed by atoms with Crippen LogP contribution < -0.4 is 0 Å². The van der Waals surface area contributed by atoms with Crippen LogP contribution in [-0.4, -0.2) is 17.4 Å². The SMILES string of the molecule is O=C/C=C/CC(=O)O. The molecule has 0 aliphatic carbocycles. The topological polar surface area (TPSA) is 54.4 Å². The van der Waals surface area contributed by atoms with Crippen LogP contribution in [0.15, 0.2) is 12.2 Å². The normalized spacial score (nSPS) is 9.50. The Morgan fingerprint density at radius 2 is 2.25 bits per heavy atom. The largest absolute Gasteiger partial charge is 0.481 e. The first-order valence-corrected chi connectivity index (χ1v) is 2.09. The molecule has 0 aliphatic rings. The third-order valence-corrected chi connectivity index (χ3v) is 0.507. The fraction of sp³-hybridized carbons (Fsp3) is 0.200. The van der Waals surface area contributed by atoms with Crippen LogP contribution in [0.4, 0.5) is 0 Å². The molecule has 0 atom stereocenters. The molecule has 3 heteroatoms. The Hall–Kier alpha value is -1.12. The Morgan fingerprint density at radius 1 is 1.62 bits per heavy atom. The number of carboxylic acid groups (broad SMARTS) is 1. The molecule has 3 nitrogen and oxygen atoms in total. The standard InChI is InChI=1S/C5H6O3/c6-4-2-1-3-5(7)8/h1-2,4H,3H2,(H,7,8)/b2-1+. The van der Waals surface area contributed by atoms with Crippen molar-refractivity contribution in [1.82, 2.24) is 0 Å². The summed E-state index contributed by atoms with van der Waals surface area (Å²) in [5.41, 5.74) is 0. The third-order valence-electron chi connectivity index (χ3n) is 0.507. The van der Waals surface area contributed by atoms with Crippen LogP contribution in [0.1, 0.15) is 6.42 Å². The van der Waals surface area contributed by atoms with Crippen molar-refractivity contribution < 1.29 is 14.7 Å². The van der Waals surface area contributed by atoms with E-state index in [1.54, 1.807) is 0 Å². The monoisotopic (exact) mass is 114 g/mol. The zero-order chi connectivity index (χ0) is 6.41. The first kappa shape index (κ1) is 6.88. The number of carboxylic acids is 1. The van der Waals surface area contributed by atoms with Crippen molar-refractivity contribution >= 4 is 12.3 Å². The fourth-order valence-corrected chi connectivity index (χ4v) is 0.224. The molecule has 0 rings (SSSR count). The van der Waals surface area contributed by atoms with Gasteiger partial charge in [0.15, 0.2) is 0 Å². The van der Waals surface area contributed by atoms with Gasteiger partial charge in [-0.15, -0.1) is 0 Å². The third kappa shape index (κ3) is 4.88. The van der Waals surface area contributed by atoms with E-state index in [1.165, 1.54) is 6.08 Å². The van der Waals surface area contributed by atoms with E-state index >= 15 is 0 Å². The van der Waals surface area contributed by atoms with Gasteiger partial charge >= 0.3 is 5.97 Å². The molecule has 1 N–H and O–H groups in total. The van der Waals surface area contributed by atoms with Crippen LogP contribution in [0.5, 0.6) is 0 Å². The molecule has 0 radical (unpaired) electrons. The van der Waals surface area contributed by atoms with Gasteiger partial charge in [-0.2, -0.15) is 0 Å². The van der Waals surface area contributed by atoms with Crippen molar-refractivity contribution in [3.8, 4) is 0 Å². The molecule has 0 aliphatic heterocycles. The maximum absolute atomic E-state index is 9.71. The molecule has 8 heavy (non-hydrogen) atoms. The summed E-state index contributed by atoms with van der Waals surface area (Å²) < 4.78 is 0. The summed E-state index contributed by atoms with van der Waals surface area (Å²) in [7, 11) is 0. The number of aldehydes is 1. The predicted molar refractivity (Wildman–Crippen MR) is 27.5 cm³/mol. The molecule has 0 aromatic heterocycles. The Balaban J connectivity index is 3.29. The van der Waals surface area contributed by atoms with E-state index in [9.17, 15) is 9.59 Å². The van der Waals surface area contributed by atoms with Gasteiger partial charge in [-0.3, -0.25) is 9.59 Å². The average molecular weight is 114 g/mol. The van der Waals surface area contributed by atoms with Crippen LogP contribution in [0, 0.1) is 0 Å². The number of hydrogen-bond acceptors (Lipinski definition) is 2. The lowest BCUT2D eigenvalue weighted by Gasteiger charge is -1.77. The molecule has 0 bridgehead atoms. The summed E-state index contributed by atoms with van der Waals surface area (Å²) >= 11 is 0. The van der Waals surface area contributed by atoms with E-state index in [1.807, 2.05) is 0 Å². The molecule has 0 saturated carbocycles. The molecule has 44 valence electrons. The summed E-state index contributed by atoms with van der Waals surface area (Å²) in [5, 5.41) is 7.97. The van der Waals surface area contributed by atoms with Crippen molar-refractivity contribution in [3.63, 3.8) is 0 Å². The molecule has 0 aromatic rings.